The van der Waals surface area contributed by atoms with Crippen LogP contribution in [0, 0.1) is 6.92 Å². The third kappa shape index (κ3) is 4.81. The first-order chi connectivity index (χ1) is 17.0. The van der Waals surface area contributed by atoms with Crippen molar-refractivity contribution in [3.63, 3.8) is 0 Å². The summed E-state index contributed by atoms with van der Waals surface area (Å²) in [5, 5.41) is 3.69. The van der Waals surface area contributed by atoms with Crippen LogP contribution in [0.1, 0.15) is 27.2 Å². The van der Waals surface area contributed by atoms with Crippen LogP contribution in [0.2, 0.25) is 5.02 Å². The number of rotatable bonds is 5. The molecule has 2 amide bonds. The van der Waals surface area contributed by atoms with E-state index in [1.165, 1.54) is 0 Å². The van der Waals surface area contributed by atoms with Gasteiger partial charge in [0.2, 0.25) is 5.91 Å². The number of aryl methyl sites for hydroxylation is 1. The van der Waals surface area contributed by atoms with E-state index in [9.17, 15) is 9.59 Å². The second kappa shape index (κ2) is 9.72. The van der Waals surface area contributed by atoms with E-state index in [1.54, 1.807) is 11.1 Å². The standard InChI is InChI=1S/C29H24ClN3O2/c1-19-5-4-7-25(28(19)20-8-10-22(30)11-9-20)29(35)32-24-12-13-26-21(17-24)14-16-33(26)27(34)18-23-6-2-3-15-31-23/h2-13,15,17H,14,16,18H2,1H3,(H,32,35). The molecule has 2 heterocycles. The van der Waals surface area contributed by atoms with Crippen LogP contribution >= 0.6 is 11.6 Å². The lowest BCUT2D eigenvalue weighted by atomic mass is 9.94. The summed E-state index contributed by atoms with van der Waals surface area (Å²) in [6, 6.07) is 24.5. The van der Waals surface area contributed by atoms with E-state index in [4.69, 9.17) is 11.6 Å². The Balaban J connectivity index is 1.35. The maximum Gasteiger partial charge on any atom is 0.256 e. The van der Waals surface area contributed by atoms with Crippen molar-refractivity contribution in [2.24, 2.45) is 0 Å². The van der Waals surface area contributed by atoms with Crippen molar-refractivity contribution in [3.05, 3.63) is 112 Å². The molecule has 0 spiro atoms. The molecule has 35 heavy (non-hydrogen) atoms. The molecule has 0 radical (unpaired) electrons. The number of fused-ring (bicyclic) bond motifs is 1. The molecule has 6 heteroatoms. The number of nitrogens with zero attached hydrogens (tertiary/aromatic N) is 2. The van der Waals surface area contributed by atoms with Crippen molar-refractivity contribution in [3.8, 4) is 11.1 Å². The van der Waals surface area contributed by atoms with Gasteiger partial charge in [0.05, 0.1) is 6.42 Å². The van der Waals surface area contributed by atoms with Gasteiger partial charge in [-0.15, -0.1) is 0 Å². The van der Waals surface area contributed by atoms with E-state index < -0.39 is 0 Å². The van der Waals surface area contributed by atoms with Gasteiger partial charge in [-0.1, -0.05) is 41.9 Å². The Morgan fingerprint density at radius 1 is 1.00 bits per heavy atom. The molecule has 1 aliphatic rings. The molecular formula is C29H24ClN3O2. The molecule has 0 bridgehead atoms. The molecule has 1 N–H and O–H groups in total. The Bertz CT molecular complexity index is 1400. The molecular weight excluding hydrogens is 458 g/mol. The van der Waals surface area contributed by atoms with Gasteiger partial charge in [0.15, 0.2) is 0 Å². The average molecular weight is 482 g/mol. The maximum absolute atomic E-state index is 13.3. The van der Waals surface area contributed by atoms with Gasteiger partial charge in [0.1, 0.15) is 0 Å². The summed E-state index contributed by atoms with van der Waals surface area (Å²) >= 11 is 6.06. The predicted octanol–water partition coefficient (Wildman–Crippen LogP) is 6.09. The minimum Gasteiger partial charge on any atom is -0.322 e. The summed E-state index contributed by atoms with van der Waals surface area (Å²) in [5.74, 6) is -0.161. The van der Waals surface area contributed by atoms with E-state index in [0.717, 1.165) is 40.1 Å². The lowest BCUT2D eigenvalue weighted by Crippen LogP contribution is -2.30. The highest BCUT2D eigenvalue weighted by atomic mass is 35.5. The summed E-state index contributed by atoms with van der Waals surface area (Å²) in [4.78, 5) is 32.2. The molecule has 1 aliphatic heterocycles. The quantitative estimate of drug-likeness (QED) is 0.375. The molecule has 0 atom stereocenters. The molecule has 4 aromatic rings. The number of anilines is 2. The smallest absolute Gasteiger partial charge is 0.256 e. The Morgan fingerprint density at radius 2 is 1.83 bits per heavy atom. The van der Waals surface area contributed by atoms with Crippen molar-refractivity contribution >= 4 is 34.8 Å². The molecule has 5 nitrogen and oxygen atoms in total. The van der Waals surface area contributed by atoms with Gasteiger partial charge in [-0.25, -0.2) is 0 Å². The Morgan fingerprint density at radius 3 is 2.60 bits per heavy atom. The van der Waals surface area contributed by atoms with Gasteiger partial charge >= 0.3 is 0 Å². The van der Waals surface area contributed by atoms with Crippen LogP contribution in [-0.4, -0.2) is 23.3 Å². The van der Waals surface area contributed by atoms with Crippen molar-refractivity contribution < 1.29 is 9.59 Å². The summed E-state index contributed by atoms with van der Waals surface area (Å²) in [7, 11) is 0. The minimum absolute atomic E-state index is 0.0200. The molecule has 0 fully saturated rings. The average Bonchev–Trinajstić information content (AvgIpc) is 3.29. The number of pyridine rings is 1. The summed E-state index contributed by atoms with van der Waals surface area (Å²) in [6.07, 6.45) is 2.70. The van der Waals surface area contributed by atoms with E-state index in [0.29, 0.717) is 22.8 Å². The third-order valence-corrected chi connectivity index (χ3v) is 6.49. The number of nitrogens with one attached hydrogen (secondary N) is 1. The lowest BCUT2D eigenvalue weighted by molar-refractivity contribution is -0.117. The Kier molecular flexibility index (Phi) is 6.34. The van der Waals surface area contributed by atoms with E-state index in [1.807, 2.05) is 85.8 Å². The predicted molar refractivity (Wildman–Crippen MR) is 140 cm³/mol. The van der Waals surface area contributed by atoms with Gasteiger partial charge in [0.25, 0.3) is 5.91 Å². The zero-order valence-electron chi connectivity index (χ0n) is 19.3. The minimum atomic E-state index is -0.181. The van der Waals surface area contributed by atoms with Crippen LogP contribution in [0.25, 0.3) is 11.1 Å². The number of hydrogen-bond acceptors (Lipinski definition) is 3. The number of carbonyl (C=O) groups excluding carboxylic acids is 2. The van der Waals surface area contributed by atoms with Crippen LogP contribution in [0.4, 0.5) is 11.4 Å². The van der Waals surface area contributed by atoms with Gasteiger partial charge in [0, 0.05) is 40.4 Å². The number of amides is 2. The molecule has 174 valence electrons. The van der Waals surface area contributed by atoms with Crippen LogP contribution in [0.3, 0.4) is 0 Å². The Hall–Kier alpha value is -3.96. The van der Waals surface area contributed by atoms with Crippen molar-refractivity contribution in [1.82, 2.24) is 4.98 Å². The first-order valence-electron chi connectivity index (χ1n) is 11.5. The van der Waals surface area contributed by atoms with Gasteiger partial charge < -0.3 is 10.2 Å². The highest BCUT2D eigenvalue weighted by Gasteiger charge is 2.25. The molecule has 0 aliphatic carbocycles. The fourth-order valence-corrected chi connectivity index (χ4v) is 4.67. The van der Waals surface area contributed by atoms with Crippen LogP contribution in [0.5, 0.6) is 0 Å². The number of halogens is 1. The molecule has 0 saturated heterocycles. The Labute approximate surface area is 209 Å². The molecule has 0 unspecified atom stereocenters. The number of aromatic nitrogens is 1. The molecule has 1 aromatic heterocycles. The van der Waals surface area contributed by atoms with Gasteiger partial charge in [-0.05, 0) is 84.1 Å². The lowest BCUT2D eigenvalue weighted by Gasteiger charge is -2.18. The number of carbonyl (C=O) groups is 2. The first kappa shape index (κ1) is 22.8. The maximum atomic E-state index is 13.3. The number of hydrogen-bond donors (Lipinski definition) is 1. The number of benzene rings is 3. The first-order valence-corrected chi connectivity index (χ1v) is 11.9. The fraction of sp³-hybridized carbons (Fsp3) is 0.138. The van der Waals surface area contributed by atoms with Crippen LogP contribution < -0.4 is 10.2 Å². The largest absolute Gasteiger partial charge is 0.322 e. The molecule has 0 saturated carbocycles. The van der Waals surface area contributed by atoms with Gasteiger partial charge in [-0.3, -0.25) is 14.6 Å². The molecule has 3 aromatic carbocycles. The normalized spacial score (nSPS) is 12.3. The fourth-order valence-electron chi connectivity index (χ4n) is 4.55. The second-order valence-corrected chi connectivity index (χ2v) is 9.03. The van der Waals surface area contributed by atoms with Crippen LogP contribution in [0.15, 0.2) is 85.1 Å². The monoisotopic (exact) mass is 481 g/mol. The van der Waals surface area contributed by atoms with E-state index in [-0.39, 0.29) is 18.2 Å². The SMILES string of the molecule is Cc1cccc(C(=O)Nc2ccc3c(c2)CCN3C(=O)Cc2ccccn2)c1-c1ccc(Cl)cc1. The second-order valence-electron chi connectivity index (χ2n) is 8.60. The van der Waals surface area contributed by atoms with Crippen molar-refractivity contribution in [2.75, 3.05) is 16.8 Å². The van der Waals surface area contributed by atoms with E-state index >= 15 is 0 Å². The van der Waals surface area contributed by atoms with Crippen LogP contribution in [-0.2, 0) is 17.6 Å². The van der Waals surface area contributed by atoms with Gasteiger partial charge in [-0.2, -0.15) is 0 Å². The highest BCUT2D eigenvalue weighted by Crippen LogP contribution is 2.32. The molecule has 5 rings (SSSR count). The third-order valence-electron chi connectivity index (χ3n) is 6.24. The van der Waals surface area contributed by atoms with Crippen molar-refractivity contribution in [2.45, 2.75) is 19.8 Å². The van der Waals surface area contributed by atoms with E-state index in [2.05, 4.69) is 10.3 Å². The topological polar surface area (TPSA) is 62.3 Å². The van der Waals surface area contributed by atoms with Crippen molar-refractivity contribution in [1.29, 1.82) is 0 Å². The zero-order valence-corrected chi connectivity index (χ0v) is 20.0. The highest BCUT2D eigenvalue weighted by molar-refractivity contribution is 6.30. The summed E-state index contributed by atoms with van der Waals surface area (Å²) in [6.45, 7) is 2.61. The zero-order chi connectivity index (χ0) is 24.4. The summed E-state index contributed by atoms with van der Waals surface area (Å²) < 4.78 is 0. The summed E-state index contributed by atoms with van der Waals surface area (Å²) in [5.41, 5.74) is 6.82.